The highest BCUT2D eigenvalue weighted by Crippen LogP contribution is 2.19. The van der Waals surface area contributed by atoms with E-state index in [2.05, 4.69) is 30.1 Å². The van der Waals surface area contributed by atoms with Crippen LogP contribution in [0.5, 0.6) is 0 Å². The number of aromatic nitrogens is 5. The minimum absolute atomic E-state index is 0.101. The fourth-order valence-corrected chi connectivity index (χ4v) is 1.66. The number of hydrogen-bond donors (Lipinski definition) is 1. The molecule has 1 N–H and O–H groups in total. The van der Waals surface area contributed by atoms with Gasteiger partial charge in [-0.25, -0.2) is 15.0 Å². The maximum absolute atomic E-state index is 11.5. The first-order chi connectivity index (χ1) is 9.29. The van der Waals surface area contributed by atoms with Crippen LogP contribution in [0.4, 0.5) is 0 Å². The number of aromatic amines is 1. The number of nitrogens with one attached hydrogen (secondary N) is 1. The lowest BCUT2D eigenvalue weighted by atomic mass is 10.2. The van der Waals surface area contributed by atoms with Gasteiger partial charge in [-0.3, -0.25) is 9.78 Å². The normalized spacial score (nSPS) is 10.5. The van der Waals surface area contributed by atoms with E-state index in [-0.39, 0.29) is 17.0 Å². The summed E-state index contributed by atoms with van der Waals surface area (Å²) in [5, 5.41) is 2.38. The number of imidazole rings is 1. The minimum Gasteiger partial charge on any atom is -0.341 e. The van der Waals surface area contributed by atoms with Gasteiger partial charge in [0.1, 0.15) is 5.52 Å². The third kappa shape index (κ3) is 1.84. The molecule has 1 amide bonds. The Morgan fingerprint density at radius 1 is 1.32 bits per heavy atom. The molecule has 19 heavy (non-hydrogen) atoms. The van der Waals surface area contributed by atoms with Crippen molar-refractivity contribution in [2.45, 2.75) is 0 Å². The Morgan fingerprint density at radius 3 is 2.95 bits per heavy atom. The molecule has 8 heteroatoms. The van der Waals surface area contributed by atoms with Crippen molar-refractivity contribution in [1.82, 2.24) is 24.9 Å². The van der Waals surface area contributed by atoms with Crippen molar-refractivity contribution in [1.29, 1.82) is 0 Å². The highest BCUT2D eigenvalue weighted by Gasteiger charge is 2.17. The van der Waals surface area contributed by atoms with Crippen molar-refractivity contribution in [2.75, 3.05) is 0 Å². The van der Waals surface area contributed by atoms with Gasteiger partial charge in [-0.15, -0.1) is 4.91 Å². The average Bonchev–Trinajstić information content (AvgIpc) is 2.94. The van der Waals surface area contributed by atoms with E-state index in [1.807, 2.05) is 0 Å². The molecule has 3 rings (SSSR count). The number of fused-ring (bicyclic) bond motifs is 1. The van der Waals surface area contributed by atoms with Crippen LogP contribution in [0.2, 0.25) is 0 Å². The summed E-state index contributed by atoms with van der Waals surface area (Å²) in [7, 11) is 0. The van der Waals surface area contributed by atoms with Gasteiger partial charge in [-0.1, -0.05) is 0 Å². The van der Waals surface area contributed by atoms with E-state index in [1.165, 1.54) is 6.33 Å². The lowest BCUT2D eigenvalue weighted by molar-refractivity contribution is 0.0997. The van der Waals surface area contributed by atoms with Gasteiger partial charge in [0.2, 0.25) is 0 Å². The molecule has 0 saturated heterocycles. The number of pyridine rings is 1. The standard InChI is InChI=1S/C11H6N6O2/c18-11(17-19)8-7-10(14-5-13-7)16-9(15-8)6-2-1-3-12-4-6/h1-5H,(H,13,14,15,16). The third-order valence-electron chi connectivity index (χ3n) is 2.49. The number of nitrogens with zero attached hydrogens (tertiary/aromatic N) is 5. The molecule has 3 aromatic heterocycles. The van der Waals surface area contributed by atoms with Gasteiger partial charge in [-0.2, -0.15) is 0 Å². The summed E-state index contributed by atoms with van der Waals surface area (Å²) >= 11 is 0. The van der Waals surface area contributed by atoms with Gasteiger partial charge in [0.25, 0.3) is 0 Å². The van der Waals surface area contributed by atoms with Crippen molar-refractivity contribution in [3.63, 3.8) is 0 Å². The lowest BCUT2D eigenvalue weighted by Gasteiger charge is -2.01. The molecule has 0 aliphatic heterocycles. The number of hydrogen-bond acceptors (Lipinski definition) is 6. The Balaban J connectivity index is 2.28. The molecule has 0 aliphatic rings. The van der Waals surface area contributed by atoms with Crippen LogP contribution in [-0.4, -0.2) is 30.8 Å². The quantitative estimate of drug-likeness (QED) is 0.690. The zero-order valence-electron chi connectivity index (χ0n) is 9.44. The smallest absolute Gasteiger partial charge is 0.337 e. The molecule has 0 aromatic carbocycles. The average molecular weight is 254 g/mol. The van der Waals surface area contributed by atoms with Gasteiger partial charge in [0, 0.05) is 23.1 Å². The summed E-state index contributed by atoms with van der Waals surface area (Å²) in [5.74, 6) is -0.707. The van der Waals surface area contributed by atoms with E-state index in [0.29, 0.717) is 11.2 Å². The third-order valence-corrected chi connectivity index (χ3v) is 2.49. The van der Waals surface area contributed by atoms with Gasteiger partial charge in [0.05, 0.1) is 6.33 Å². The van der Waals surface area contributed by atoms with Crippen molar-refractivity contribution in [3.05, 3.63) is 41.5 Å². The van der Waals surface area contributed by atoms with Crippen LogP contribution in [0.1, 0.15) is 10.5 Å². The largest absolute Gasteiger partial charge is 0.341 e. The first-order valence-electron chi connectivity index (χ1n) is 5.29. The molecule has 0 spiro atoms. The van der Waals surface area contributed by atoms with Gasteiger partial charge in [-0.05, 0) is 12.1 Å². The van der Waals surface area contributed by atoms with Gasteiger partial charge < -0.3 is 4.98 Å². The van der Waals surface area contributed by atoms with Crippen LogP contribution in [-0.2, 0) is 0 Å². The SMILES string of the molecule is O=NC(=O)c1nc(-c2cccnc2)nc2nc[nH]c12. The Hall–Kier alpha value is -3.03. The van der Waals surface area contributed by atoms with Crippen LogP contribution >= 0.6 is 0 Å². The number of nitroso groups, excluding NO2 is 1. The Kier molecular flexibility index (Phi) is 2.53. The summed E-state index contributed by atoms with van der Waals surface area (Å²) < 4.78 is 0. The first-order valence-corrected chi connectivity index (χ1v) is 5.29. The molecular weight excluding hydrogens is 248 g/mol. The van der Waals surface area contributed by atoms with E-state index in [9.17, 15) is 9.70 Å². The fraction of sp³-hybridized carbons (Fsp3) is 0. The van der Waals surface area contributed by atoms with Crippen LogP contribution in [0.3, 0.4) is 0 Å². The Bertz CT molecular complexity index is 767. The molecule has 0 radical (unpaired) electrons. The van der Waals surface area contributed by atoms with Gasteiger partial charge >= 0.3 is 5.91 Å². The number of rotatable bonds is 2. The number of H-pyrrole nitrogens is 1. The number of amides is 1. The van der Waals surface area contributed by atoms with E-state index in [0.717, 1.165) is 0 Å². The second-order valence-electron chi connectivity index (χ2n) is 3.64. The van der Waals surface area contributed by atoms with E-state index in [4.69, 9.17) is 0 Å². The minimum atomic E-state index is -0.971. The summed E-state index contributed by atoms with van der Waals surface area (Å²) in [6.45, 7) is 0. The monoisotopic (exact) mass is 254 g/mol. The summed E-state index contributed by atoms with van der Waals surface area (Å²) in [6, 6.07) is 3.45. The highest BCUT2D eigenvalue weighted by molar-refractivity contribution is 6.03. The topological polar surface area (TPSA) is 114 Å². The lowest BCUT2D eigenvalue weighted by Crippen LogP contribution is -2.03. The maximum atomic E-state index is 11.5. The maximum Gasteiger partial charge on any atom is 0.337 e. The van der Waals surface area contributed by atoms with Gasteiger partial charge in [0.15, 0.2) is 17.2 Å². The molecule has 0 fully saturated rings. The summed E-state index contributed by atoms with van der Waals surface area (Å²) in [4.78, 5) is 40.7. The zero-order valence-corrected chi connectivity index (χ0v) is 9.44. The Morgan fingerprint density at radius 2 is 2.21 bits per heavy atom. The first kappa shape index (κ1) is 11.1. The van der Waals surface area contributed by atoms with Crippen LogP contribution in [0.15, 0.2) is 36.0 Å². The summed E-state index contributed by atoms with van der Waals surface area (Å²) in [5.41, 5.74) is 1.10. The molecule has 0 bridgehead atoms. The summed E-state index contributed by atoms with van der Waals surface area (Å²) in [6.07, 6.45) is 4.53. The Labute approximate surface area is 105 Å². The van der Waals surface area contributed by atoms with Crippen LogP contribution in [0.25, 0.3) is 22.6 Å². The molecule has 0 saturated carbocycles. The van der Waals surface area contributed by atoms with Crippen molar-refractivity contribution in [3.8, 4) is 11.4 Å². The molecule has 8 nitrogen and oxygen atoms in total. The number of carbonyl (C=O) groups excluding carboxylic acids is 1. The molecule has 3 aromatic rings. The van der Waals surface area contributed by atoms with Crippen LogP contribution < -0.4 is 0 Å². The zero-order chi connectivity index (χ0) is 13.2. The molecule has 0 unspecified atom stereocenters. The predicted octanol–water partition coefficient (Wildman–Crippen LogP) is 1.32. The van der Waals surface area contributed by atoms with Crippen LogP contribution in [0, 0.1) is 4.91 Å². The molecule has 3 heterocycles. The van der Waals surface area contributed by atoms with Crippen molar-refractivity contribution < 1.29 is 4.79 Å². The van der Waals surface area contributed by atoms with E-state index in [1.54, 1.807) is 24.5 Å². The second-order valence-corrected chi connectivity index (χ2v) is 3.64. The molecule has 0 aliphatic carbocycles. The number of carbonyl (C=O) groups is 1. The molecular formula is C11H6N6O2. The van der Waals surface area contributed by atoms with Crippen molar-refractivity contribution in [2.24, 2.45) is 5.18 Å². The van der Waals surface area contributed by atoms with E-state index < -0.39 is 5.91 Å². The predicted molar refractivity (Wildman–Crippen MR) is 65.0 cm³/mol. The van der Waals surface area contributed by atoms with Crippen molar-refractivity contribution >= 4 is 17.1 Å². The second kappa shape index (κ2) is 4.33. The highest BCUT2D eigenvalue weighted by atomic mass is 16.3. The fourth-order valence-electron chi connectivity index (χ4n) is 1.66. The molecule has 92 valence electrons. The molecule has 0 atom stereocenters. The van der Waals surface area contributed by atoms with E-state index >= 15 is 0 Å².